The maximum absolute atomic E-state index is 11.8. The zero-order chi connectivity index (χ0) is 14.3. The van der Waals surface area contributed by atoms with Gasteiger partial charge < -0.3 is 9.51 Å². The van der Waals surface area contributed by atoms with Crippen LogP contribution >= 0.6 is 0 Å². The molecule has 3 rings (SSSR count). The molecular weight excluding hydrogens is 264 g/mol. The molecule has 3 heterocycles. The van der Waals surface area contributed by atoms with Crippen molar-refractivity contribution < 1.29 is 19.5 Å². The van der Waals surface area contributed by atoms with E-state index in [1.165, 1.54) is 27.9 Å². The van der Waals surface area contributed by atoms with Crippen molar-refractivity contribution >= 4 is 29.1 Å². The number of imide groups is 1. The fraction of sp³-hybridized carbons (Fsp3) is 0.167. The van der Waals surface area contributed by atoms with Crippen molar-refractivity contribution in [2.75, 3.05) is 11.4 Å². The summed E-state index contributed by atoms with van der Waals surface area (Å²) in [4.78, 5) is 39.4. The van der Waals surface area contributed by atoms with Crippen LogP contribution in [0.15, 0.2) is 24.8 Å². The van der Waals surface area contributed by atoms with Crippen molar-refractivity contribution in [1.82, 2.24) is 14.7 Å². The summed E-state index contributed by atoms with van der Waals surface area (Å²) in [6.07, 6.45) is 4.67. The molecule has 1 aliphatic rings. The summed E-state index contributed by atoms with van der Waals surface area (Å²) in [5.41, 5.74) is 0.886. The standard InChI is InChI=1S/C12H10N4O4/c17-10-1-2-16(12(20)14-10)7-3-8(11(18)19)9-4-13-6-15(9)5-7/h3-6H,1-2H2,(H,18,19)(H,14,17,20). The van der Waals surface area contributed by atoms with E-state index in [9.17, 15) is 19.5 Å². The van der Waals surface area contributed by atoms with Gasteiger partial charge in [0.1, 0.15) is 0 Å². The molecule has 0 saturated carbocycles. The minimum Gasteiger partial charge on any atom is -0.478 e. The first kappa shape index (κ1) is 12.2. The van der Waals surface area contributed by atoms with Crippen molar-refractivity contribution in [2.45, 2.75) is 6.42 Å². The van der Waals surface area contributed by atoms with E-state index in [1.807, 2.05) is 0 Å². The molecule has 2 aromatic heterocycles. The number of anilines is 1. The van der Waals surface area contributed by atoms with Crippen LogP contribution in [0.25, 0.3) is 5.52 Å². The predicted octanol–water partition coefficient (Wildman–Crippen LogP) is 0.479. The Bertz CT molecular complexity index is 736. The molecule has 3 amide bonds. The molecule has 0 aliphatic carbocycles. The lowest BCUT2D eigenvalue weighted by Gasteiger charge is -2.26. The van der Waals surface area contributed by atoms with Crippen LogP contribution in [0.3, 0.4) is 0 Å². The highest BCUT2D eigenvalue weighted by atomic mass is 16.4. The Labute approximate surface area is 112 Å². The van der Waals surface area contributed by atoms with Gasteiger partial charge in [-0.15, -0.1) is 0 Å². The highest BCUT2D eigenvalue weighted by molar-refractivity contribution is 6.06. The van der Waals surface area contributed by atoms with Crippen molar-refractivity contribution in [3.8, 4) is 0 Å². The number of nitrogens with zero attached hydrogens (tertiary/aromatic N) is 3. The summed E-state index contributed by atoms with van der Waals surface area (Å²) >= 11 is 0. The van der Waals surface area contributed by atoms with Crippen LogP contribution in [0, 0.1) is 0 Å². The maximum atomic E-state index is 11.8. The van der Waals surface area contributed by atoms with Crippen LogP contribution in [0.4, 0.5) is 10.5 Å². The zero-order valence-electron chi connectivity index (χ0n) is 10.2. The lowest BCUT2D eigenvalue weighted by atomic mass is 10.2. The third-order valence-corrected chi connectivity index (χ3v) is 3.10. The minimum absolute atomic E-state index is 0.0460. The molecule has 0 aromatic carbocycles. The Hall–Kier alpha value is -2.90. The van der Waals surface area contributed by atoms with E-state index in [-0.39, 0.29) is 24.4 Å². The SMILES string of the molecule is O=C1CCN(c2cc(C(=O)O)c3cncn3c2)C(=O)N1. The number of fused-ring (bicyclic) bond motifs is 1. The number of aromatic carboxylic acids is 1. The second-order valence-corrected chi connectivity index (χ2v) is 4.36. The largest absolute Gasteiger partial charge is 0.478 e. The van der Waals surface area contributed by atoms with Crippen molar-refractivity contribution in [3.63, 3.8) is 0 Å². The third kappa shape index (κ3) is 1.87. The minimum atomic E-state index is -1.11. The topological polar surface area (TPSA) is 104 Å². The molecule has 1 aliphatic heterocycles. The molecule has 20 heavy (non-hydrogen) atoms. The summed E-state index contributed by atoms with van der Waals surface area (Å²) in [6.45, 7) is 0.212. The van der Waals surface area contributed by atoms with Gasteiger partial charge in [-0.05, 0) is 6.07 Å². The molecule has 8 heteroatoms. The molecule has 8 nitrogen and oxygen atoms in total. The zero-order valence-corrected chi connectivity index (χ0v) is 10.2. The van der Waals surface area contributed by atoms with Gasteiger partial charge in [0.05, 0.1) is 29.3 Å². The lowest BCUT2D eigenvalue weighted by Crippen LogP contribution is -2.49. The highest BCUT2D eigenvalue weighted by Crippen LogP contribution is 2.22. The van der Waals surface area contributed by atoms with Crippen LogP contribution in [0.1, 0.15) is 16.8 Å². The van der Waals surface area contributed by atoms with Gasteiger partial charge in [-0.2, -0.15) is 0 Å². The van der Waals surface area contributed by atoms with Crippen molar-refractivity contribution in [1.29, 1.82) is 0 Å². The number of carboxylic acids is 1. The number of nitrogens with one attached hydrogen (secondary N) is 1. The molecule has 2 aromatic rings. The van der Waals surface area contributed by atoms with Gasteiger partial charge in [-0.3, -0.25) is 15.0 Å². The predicted molar refractivity (Wildman–Crippen MR) is 67.7 cm³/mol. The lowest BCUT2D eigenvalue weighted by molar-refractivity contribution is -0.120. The van der Waals surface area contributed by atoms with E-state index in [4.69, 9.17) is 0 Å². The number of aromatic nitrogens is 2. The Morgan fingerprint density at radius 2 is 2.20 bits per heavy atom. The number of hydrogen-bond acceptors (Lipinski definition) is 4. The normalized spacial score (nSPS) is 15.5. The molecule has 0 spiro atoms. The number of hydrogen-bond donors (Lipinski definition) is 2. The quantitative estimate of drug-likeness (QED) is 0.828. The molecule has 0 unspecified atom stereocenters. The number of carboxylic acid groups (broad SMARTS) is 1. The number of carbonyl (C=O) groups excluding carboxylic acids is 2. The average molecular weight is 274 g/mol. The van der Waals surface area contributed by atoms with E-state index in [2.05, 4.69) is 10.3 Å². The fourth-order valence-corrected chi connectivity index (χ4v) is 2.15. The summed E-state index contributed by atoms with van der Waals surface area (Å²) in [5.74, 6) is -1.45. The van der Waals surface area contributed by atoms with Gasteiger partial charge in [0, 0.05) is 19.2 Å². The fourth-order valence-electron chi connectivity index (χ4n) is 2.15. The summed E-state index contributed by atoms with van der Waals surface area (Å²) in [5, 5.41) is 11.4. The van der Waals surface area contributed by atoms with E-state index >= 15 is 0 Å². The number of pyridine rings is 1. The number of rotatable bonds is 2. The van der Waals surface area contributed by atoms with Gasteiger partial charge in [-0.1, -0.05) is 0 Å². The maximum Gasteiger partial charge on any atom is 0.337 e. The molecule has 0 atom stereocenters. The smallest absolute Gasteiger partial charge is 0.337 e. The summed E-state index contributed by atoms with van der Waals surface area (Å²) < 4.78 is 1.53. The van der Waals surface area contributed by atoms with Gasteiger partial charge in [0.15, 0.2) is 0 Å². The van der Waals surface area contributed by atoms with Crippen LogP contribution in [-0.2, 0) is 4.79 Å². The second-order valence-electron chi connectivity index (χ2n) is 4.36. The van der Waals surface area contributed by atoms with Gasteiger partial charge in [0.2, 0.25) is 5.91 Å². The van der Waals surface area contributed by atoms with E-state index in [0.717, 1.165) is 0 Å². The highest BCUT2D eigenvalue weighted by Gasteiger charge is 2.25. The van der Waals surface area contributed by atoms with E-state index < -0.39 is 12.0 Å². The van der Waals surface area contributed by atoms with Crippen molar-refractivity contribution in [2.24, 2.45) is 0 Å². The first-order valence-electron chi connectivity index (χ1n) is 5.86. The molecule has 0 radical (unpaired) electrons. The van der Waals surface area contributed by atoms with Gasteiger partial charge >= 0.3 is 12.0 Å². The second kappa shape index (κ2) is 4.34. The summed E-state index contributed by atoms with van der Waals surface area (Å²) in [7, 11) is 0. The first-order chi connectivity index (χ1) is 9.56. The Balaban J connectivity index is 2.10. The number of imidazole rings is 1. The number of carbonyl (C=O) groups is 3. The first-order valence-corrected chi connectivity index (χ1v) is 5.86. The van der Waals surface area contributed by atoms with E-state index in [1.54, 1.807) is 6.20 Å². The molecule has 102 valence electrons. The van der Waals surface area contributed by atoms with Crippen LogP contribution < -0.4 is 10.2 Å². The number of amides is 3. The van der Waals surface area contributed by atoms with Crippen LogP contribution in [0.2, 0.25) is 0 Å². The van der Waals surface area contributed by atoms with Gasteiger partial charge in [0.25, 0.3) is 0 Å². The molecule has 2 N–H and O–H groups in total. The molecule has 1 fully saturated rings. The Morgan fingerprint density at radius 1 is 1.40 bits per heavy atom. The van der Waals surface area contributed by atoms with Crippen LogP contribution in [-0.4, -0.2) is 38.9 Å². The van der Waals surface area contributed by atoms with Crippen LogP contribution in [0.5, 0.6) is 0 Å². The Morgan fingerprint density at radius 3 is 2.90 bits per heavy atom. The summed E-state index contributed by atoms with van der Waals surface area (Å²) in [6, 6.07) is 0.839. The van der Waals surface area contributed by atoms with Gasteiger partial charge in [-0.25, -0.2) is 14.6 Å². The molecule has 0 bridgehead atoms. The monoisotopic (exact) mass is 274 g/mol. The number of urea groups is 1. The average Bonchev–Trinajstić information content (AvgIpc) is 2.85. The molecular formula is C12H10N4O4. The Kier molecular flexibility index (Phi) is 2.63. The molecule has 1 saturated heterocycles. The van der Waals surface area contributed by atoms with Crippen molar-refractivity contribution in [3.05, 3.63) is 30.4 Å². The van der Waals surface area contributed by atoms with E-state index in [0.29, 0.717) is 11.2 Å². The third-order valence-electron chi connectivity index (χ3n) is 3.10.